The van der Waals surface area contributed by atoms with E-state index in [1.807, 2.05) is 32.0 Å². The van der Waals surface area contributed by atoms with Crippen LogP contribution in [-0.4, -0.2) is 18.5 Å². The Labute approximate surface area is 144 Å². The van der Waals surface area contributed by atoms with Crippen molar-refractivity contribution in [2.24, 2.45) is 11.7 Å². The molecule has 0 bridgehead atoms. The number of hydrogen-bond acceptors (Lipinski definition) is 2. The fraction of sp³-hybridized carbons (Fsp3) is 0.588. The molecule has 1 saturated carbocycles. The molecule has 2 atom stereocenters. The number of rotatable bonds is 5. The highest BCUT2D eigenvalue weighted by atomic mass is 35.5. The molecule has 1 aliphatic rings. The summed E-state index contributed by atoms with van der Waals surface area (Å²) < 4.78 is 0. The van der Waals surface area contributed by atoms with Crippen LogP contribution < -0.4 is 11.1 Å². The van der Waals surface area contributed by atoms with Crippen molar-refractivity contribution in [2.75, 3.05) is 6.54 Å². The van der Waals surface area contributed by atoms with Crippen molar-refractivity contribution in [2.45, 2.75) is 51.0 Å². The van der Waals surface area contributed by atoms with Crippen molar-refractivity contribution in [3.05, 3.63) is 34.9 Å². The highest BCUT2D eigenvalue weighted by Gasteiger charge is 2.36. The van der Waals surface area contributed by atoms with Gasteiger partial charge in [-0.1, -0.05) is 43.5 Å². The maximum absolute atomic E-state index is 12.2. The van der Waals surface area contributed by atoms with Gasteiger partial charge in [0.15, 0.2) is 0 Å². The molecule has 0 saturated heterocycles. The van der Waals surface area contributed by atoms with E-state index >= 15 is 0 Å². The molecule has 1 fully saturated rings. The third-order valence-corrected chi connectivity index (χ3v) is 5.04. The van der Waals surface area contributed by atoms with E-state index in [0.29, 0.717) is 6.54 Å². The fourth-order valence-corrected chi connectivity index (χ4v) is 3.28. The van der Waals surface area contributed by atoms with Crippen LogP contribution in [0.5, 0.6) is 0 Å². The molecule has 22 heavy (non-hydrogen) atoms. The van der Waals surface area contributed by atoms with Crippen molar-refractivity contribution in [3.8, 4) is 0 Å². The second-order valence-electron chi connectivity index (χ2n) is 6.36. The summed E-state index contributed by atoms with van der Waals surface area (Å²) in [5.41, 5.74) is 7.07. The van der Waals surface area contributed by atoms with Crippen molar-refractivity contribution in [1.82, 2.24) is 5.32 Å². The lowest BCUT2D eigenvalue weighted by molar-refractivity contribution is -0.125. The van der Waals surface area contributed by atoms with Crippen molar-refractivity contribution in [1.29, 1.82) is 0 Å². The van der Waals surface area contributed by atoms with E-state index < -0.39 is 0 Å². The Morgan fingerprint density at radius 3 is 2.55 bits per heavy atom. The Bertz CT molecular complexity index is 499. The Kier molecular flexibility index (Phi) is 7.17. The summed E-state index contributed by atoms with van der Waals surface area (Å²) in [4.78, 5) is 12.2. The third-order valence-electron chi connectivity index (χ3n) is 4.80. The number of hydrogen-bond donors (Lipinski definition) is 2. The molecule has 3 nitrogen and oxygen atoms in total. The van der Waals surface area contributed by atoms with Crippen LogP contribution in [-0.2, 0) is 10.2 Å². The number of amides is 1. The molecule has 124 valence electrons. The summed E-state index contributed by atoms with van der Waals surface area (Å²) in [6, 6.07) is 7.91. The summed E-state index contributed by atoms with van der Waals surface area (Å²) in [5.74, 6) is -0.124. The lowest BCUT2D eigenvalue weighted by Gasteiger charge is -2.31. The van der Waals surface area contributed by atoms with Gasteiger partial charge in [-0.3, -0.25) is 4.79 Å². The molecule has 0 radical (unpaired) electrons. The van der Waals surface area contributed by atoms with E-state index in [1.54, 1.807) is 0 Å². The first kappa shape index (κ1) is 19.3. The molecular formula is C17H26Cl2N2O. The quantitative estimate of drug-likeness (QED) is 0.855. The molecule has 0 aliphatic heterocycles. The first-order chi connectivity index (χ1) is 9.94. The van der Waals surface area contributed by atoms with E-state index in [9.17, 15) is 4.79 Å². The van der Waals surface area contributed by atoms with Crippen LogP contribution >= 0.6 is 24.0 Å². The minimum absolute atomic E-state index is 0. The van der Waals surface area contributed by atoms with Gasteiger partial charge in [0.2, 0.25) is 5.91 Å². The largest absolute Gasteiger partial charge is 0.355 e. The number of carbonyl (C=O) groups excluding carboxylic acids is 1. The highest BCUT2D eigenvalue weighted by molar-refractivity contribution is 6.30. The average Bonchev–Trinajstić information content (AvgIpc) is 2.94. The van der Waals surface area contributed by atoms with E-state index in [-0.39, 0.29) is 35.7 Å². The van der Waals surface area contributed by atoms with Gasteiger partial charge in [0.1, 0.15) is 0 Å². The molecule has 2 rings (SSSR count). The molecule has 3 N–H and O–H groups in total. The summed E-state index contributed by atoms with van der Waals surface area (Å²) in [6.45, 7) is 4.41. The van der Waals surface area contributed by atoms with Gasteiger partial charge in [-0.25, -0.2) is 0 Å². The number of halogens is 2. The second kappa shape index (κ2) is 8.19. The third kappa shape index (κ3) is 4.37. The van der Waals surface area contributed by atoms with Crippen LogP contribution in [0.1, 0.15) is 45.1 Å². The maximum Gasteiger partial charge on any atom is 0.224 e. The van der Waals surface area contributed by atoms with Gasteiger partial charge in [-0.15, -0.1) is 12.4 Å². The summed E-state index contributed by atoms with van der Waals surface area (Å²) in [6.07, 6.45) is 4.59. The number of nitrogens with two attached hydrogens (primary N) is 1. The minimum Gasteiger partial charge on any atom is -0.355 e. The van der Waals surface area contributed by atoms with Gasteiger partial charge in [0, 0.05) is 28.9 Å². The lowest BCUT2D eigenvalue weighted by atomic mass is 9.78. The van der Waals surface area contributed by atoms with E-state index in [2.05, 4.69) is 11.4 Å². The van der Waals surface area contributed by atoms with Gasteiger partial charge in [0.25, 0.3) is 0 Å². The van der Waals surface area contributed by atoms with Gasteiger partial charge in [-0.05, 0) is 37.5 Å². The number of carbonyl (C=O) groups is 1. The predicted molar refractivity (Wildman–Crippen MR) is 94.7 cm³/mol. The van der Waals surface area contributed by atoms with E-state index in [4.69, 9.17) is 17.3 Å². The molecule has 5 heteroatoms. The van der Waals surface area contributed by atoms with Crippen LogP contribution in [0.15, 0.2) is 24.3 Å². The molecular weight excluding hydrogens is 319 g/mol. The van der Waals surface area contributed by atoms with E-state index in [1.165, 1.54) is 18.4 Å². The van der Waals surface area contributed by atoms with Crippen LogP contribution in [0.4, 0.5) is 0 Å². The number of nitrogens with one attached hydrogen (secondary N) is 1. The molecule has 2 unspecified atom stereocenters. The zero-order valence-corrected chi connectivity index (χ0v) is 14.8. The minimum atomic E-state index is -0.164. The summed E-state index contributed by atoms with van der Waals surface area (Å²) in [7, 11) is 0. The summed E-state index contributed by atoms with van der Waals surface area (Å²) >= 11 is 6.14. The van der Waals surface area contributed by atoms with Gasteiger partial charge in [-0.2, -0.15) is 0 Å². The van der Waals surface area contributed by atoms with Crippen molar-refractivity contribution >= 4 is 29.9 Å². The average molecular weight is 345 g/mol. The molecule has 1 amide bonds. The van der Waals surface area contributed by atoms with Crippen molar-refractivity contribution in [3.63, 3.8) is 0 Å². The zero-order chi connectivity index (χ0) is 15.5. The predicted octanol–water partition coefficient (Wildman–Crippen LogP) is 3.67. The van der Waals surface area contributed by atoms with Gasteiger partial charge >= 0.3 is 0 Å². The SMILES string of the molecule is CC(N)C(C)C(=O)NCC1(c2cccc(Cl)c2)CCCC1.Cl. The highest BCUT2D eigenvalue weighted by Crippen LogP contribution is 2.41. The fourth-order valence-electron chi connectivity index (χ4n) is 3.09. The lowest BCUT2D eigenvalue weighted by Crippen LogP contribution is -2.44. The molecule has 0 heterocycles. The Morgan fingerprint density at radius 1 is 1.36 bits per heavy atom. The monoisotopic (exact) mass is 344 g/mol. The zero-order valence-electron chi connectivity index (χ0n) is 13.3. The van der Waals surface area contributed by atoms with Crippen LogP contribution in [0.2, 0.25) is 5.02 Å². The first-order valence-corrected chi connectivity index (χ1v) is 8.12. The normalized spacial score (nSPS) is 19.1. The maximum atomic E-state index is 12.2. The standard InChI is InChI=1S/C17H25ClN2O.ClH/c1-12(13(2)19)16(21)20-11-17(8-3-4-9-17)14-6-5-7-15(18)10-14;/h5-7,10,12-13H,3-4,8-9,11,19H2,1-2H3,(H,20,21);1H. The first-order valence-electron chi connectivity index (χ1n) is 7.74. The smallest absolute Gasteiger partial charge is 0.224 e. The molecule has 1 aromatic rings. The second-order valence-corrected chi connectivity index (χ2v) is 6.80. The number of benzene rings is 1. The van der Waals surface area contributed by atoms with E-state index in [0.717, 1.165) is 17.9 Å². The van der Waals surface area contributed by atoms with Crippen LogP contribution in [0.3, 0.4) is 0 Å². The molecule has 0 aromatic heterocycles. The molecule has 1 aliphatic carbocycles. The van der Waals surface area contributed by atoms with Gasteiger partial charge < -0.3 is 11.1 Å². The Balaban J connectivity index is 0.00000242. The topological polar surface area (TPSA) is 55.1 Å². The van der Waals surface area contributed by atoms with Gasteiger partial charge in [0.05, 0.1) is 0 Å². The van der Waals surface area contributed by atoms with Crippen LogP contribution in [0, 0.1) is 5.92 Å². The van der Waals surface area contributed by atoms with Crippen molar-refractivity contribution < 1.29 is 4.79 Å². The molecule has 0 spiro atoms. The Hall–Kier alpha value is -0.770. The summed E-state index contributed by atoms with van der Waals surface area (Å²) in [5, 5.41) is 3.86. The van der Waals surface area contributed by atoms with Crippen LogP contribution in [0.25, 0.3) is 0 Å². The Morgan fingerprint density at radius 2 is 2.00 bits per heavy atom. The molecule has 1 aromatic carbocycles.